The van der Waals surface area contributed by atoms with E-state index in [1.54, 1.807) is 25.3 Å². The van der Waals surface area contributed by atoms with Gasteiger partial charge >= 0.3 is 0 Å². The summed E-state index contributed by atoms with van der Waals surface area (Å²) in [5, 5.41) is 0.384. The van der Waals surface area contributed by atoms with Gasteiger partial charge in [0, 0.05) is 12.7 Å². The summed E-state index contributed by atoms with van der Waals surface area (Å²) in [5.74, 6) is -0.191. The molecule has 1 aliphatic heterocycles. The van der Waals surface area contributed by atoms with Crippen molar-refractivity contribution in [2.75, 3.05) is 6.54 Å². The molecule has 1 aromatic rings. The van der Waals surface area contributed by atoms with Crippen LogP contribution in [0.15, 0.2) is 23.4 Å². The summed E-state index contributed by atoms with van der Waals surface area (Å²) in [6, 6.07) is 3.32. The molecule has 0 saturated heterocycles. The SMILES string of the molecule is CCN1C(=O)c2cccnc2S1=O. The summed E-state index contributed by atoms with van der Waals surface area (Å²) in [6.07, 6.45) is 1.54. The van der Waals surface area contributed by atoms with Gasteiger partial charge in [0.05, 0.1) is 5.56 Å². The van der Waals surface area contributed by atoms with Gasteiger partial charge in [-0.05, 0) is 19.1 Å². The molecule has 5 heteroatoms. The van der Waals surface area contributed by atoms with Gasteiger partial charge in [-0.2, -0.15) is 0 Å². The monoisotopic (exact) mass is 196 g/mol. The fourth-order valence-corrected chi connectivity index (χ4v) is 2.45. The van der Waals surface area contributed by atoms with Crippen molar-refractivity contribution in [1.82, 2.24) is 9.29 Å². The number of carbonyl (C=O) groups is 1. The molecule has 1 aliphatic rings. The normalized spacial score (nSPS) is 20.5. The third-order valence-electron chi connectivity index (χ3n) is 1.88. The van der Waals surface area contributed by atoms with Crippen LogP contribution in [0.1, 0.15) is 17.3 Å². The molecule has 1 atom stereocenters. The molecule has 0 fully saturated rings. The zero-order chi connectivity index (χ0) is 9.42. The largest absolute Gasteiger partial charge is 0.268 e. The van der Waals surface area contributed by atoms with Crippen LogP contribution in [0.2, 0.25) is 0 Å². The minimum atomic E-state index is -1.39. The molecule has 0 radical (unpaired) electrons. The second-order valence-corrected chi connectivity index (χ2v) is 3.93. The fourth-order valence-electron chi connectivity index (χ4n) is 1.27. The van der Waals surface area contributed by atoms with Gasteiger partial charge < -0.3 is 0 Å². The average molecular weight is 196 g/mol. The molecule has 0 N–H and O–H groups in total. The minimum absolute atomic E-state index is 0.191. The zero-order valence-corrected chi connectivity index (χ0v) is 7.87. The van der Waals surface area contributed by atoms with Crippen molar-refractivity contribution in [2.45, 2.75) is 11.9 Å². The minimum Gasteiger partial charge on any atom is -0.268 e. The standard InChI is InChI=1S/C8H8N2O2S/c1-2-10-8(11)6-4-3-5-9-7(6)13(10)12/h3-5H,2H2,1H3. The Hall–Kier alpha value is -1.23. The van der Waals surface area contributed by atoms with Gasteiger partial charge in [0.2, 0.25) is 0 Å². The van der Waals surface area contributed by atoms with Crippen molar-refractivity contribution < 1.29 is 9.00 Å². The lowest BCUT2D eigenvalue weighted by molar-refractivity contribution is 0.0879. The summed E-state index contributed by atoms with van der Waals surface area (Å²) in [7, 11) is -1.39. The molecule has 13 heavy (non-hydrogen) atoms. The van der Waals surface area contributed by atoms with Crippen LogP contribution in [0.5, 0.6) is 0 Å². The van der Waals surface area contributed by atoms with E-state index in [0.29, 0.717) is 17.1 Å². The van der Waals surface area contributed by atoms with E-state index in [4.69, 9.17) is 0 Å². The number of rotatable bonds is 1. The van der Waals surface area contributed by atoms with Gasteiger partial charge in [-0.3, -0.25) is 9.10 Å². The molecule has 0 aliphatic carbocycles. The van der Waals surface area contributed by atoms with Crippen LogP contribution in [0.4, 0.5) is 0 Å². The second kappa shape index (κ2) is 2.92. The predicted octanol–water partition coefficient (Wildman–Crippen LogP) is 0.580. The lowest BCUT2D eigenvalue weighted by Crippen LogP contribution is -2.25. The van der Waals surface area contributed by atoms with E-state index in [2.05, 4.69) is 4.98 Å². The van der Waals surface area contributed by atoms with Crippen molar-refractivity contribution in [3.63, 3.8) is 0 Å². The molecule has 1 amide bonds. The van der Waals surface area contributed by atoms with Crippen molar-refractivity contribution in [2.24, 2.45) is 0 Å². The zero-order valence-electron chi connectivity index (χ0n) is 7.06. The summed E-state index contributed by atoms with van der Waals surface area (Å²) in [6.45, 7) is 2.24. The van der Waals surface area contributed by atoms with Crippen molar-refractivity contribution in [3.8, 4) is 0 Å². The molecule has 2 heterocycles. The van der Waals surface area contributed by atoms with Crippen LogP contribution in [0.3, 0.4) is 0 Å². The number of aromatic nitrogens is 1. The highest BCUT2D eigenvalue weighted by Crippen LogP contribution is 2.23. The van der Waals surface area contributed by atoms with Gasteiger partial charge in [-0.1, -0.05) is 0 Å². The first-order chi connectivity index (χ1) is 6.25. The Bertz CT molecular complexity index is 356. The highest BCUT2D eigenvalue weighted by Gasteiger charge is 2.34. The predicted molar refractivity (Wildman–Crippen MR) is 47.4 cm³/mol. The van der Waals surface area contributed by atoms with Crippen LogP contribution in [0, 0.1) is 0 Å². The molecular weight excluding hydrogens is 188 g/mol. The molecule has 68 valence electrons. The maximum atomic E-state index is 11.6. The number of hydrogen-bond donors (Lipinski definition) is 0. The van der Waals surface area contributed by atoms with E-state index in [0.717, 1.165) is 0 Å². The number of fused-ring (bicyclic) bond motifs is 1. The number of carbonyl (C=O) groups excluding carboxylic acids is 1. The van der Waals surface area contributed by atoms with Crippen LogP contribution >= 0.6 is 0 Å². The average Bonchev–Trinajstić information content (AvgIpc) is 2.41. The highest BCUT2D eigenvalue weighted by molar-refractivity contribution is 7.83. The van der Waals surface area contributed by atoms with Gasteiger partial charge in [-0.15, -0.1) is 0 Å². The second-order valence-electron chi connectivity index (χ2n) is 2.61. The van der Waals surface area contributed by atoms with Crippen molar-refractivity contribution >= 4 is 16.9 Å². The molecule has 0 saturated carbocycles. The molecule has 2 rings (SSSR count). The van der Waals surface area contributed by atoms with Crippen molar-refractivity contribution in [3.05, 3.63) is 23.9 Å². The van der Waals surface area contributed by atoms with Crippen LogP contribution in [-0.4, -0.2) is 26.0 Å². The van der Waals surface area contributed by atoms with E-state index in [9.17, 15) is 9.00 Å². The lowest BCUT2D eigenvalue weighted by Gasteiger charge is -2.08. The Labute approximate surface area is 78.2 Å². The number of nitrogens with zero attached hydrogens (tertiary/aromatic N) is 2. The van der Waals surface area contributed by atoms with E-state index in [-0.39, 0.29) is 5.91 Å². The van der Waals surface area contributed by atoms with E-state index < -0.39 is 11.0 Å². The van der Waals surface area contributed by atoms with Gasteiger partial charge in [-0.25, -0.2) is 9.19 Å². The lowest BCUT2D eigenvalue weighted by atomic mass is 10.3. The van der Waals surface area contributed by atoms with Crippen LogP contribution in [-0.2, 0) is 11.0 Å². The molecule has 0 spiro atoms. The third kappa shape index (κ3) is 1.07. The molecule has 0 bridgehead atoms. The summed E-state index contributed by atoms with van der Waals surface area (Å²) < 4.78 is 12.9. The molecular formula is C8H8N2O2S. The first-order valence-corrected chi connectivity index (χ1v) is 5.05. The van der Waals surface area contributed by atoms with Gasteiger partial charge in [0.1, 0.15) is 0 Å². The molecule has 0 aromatic carbocycles. The molecule has 4 nitrogen and oxygen atoms in total. The van der Waals surface area contributed by atoms with Gasteiger partial charge in [0.15, 0.2) is 16.0 Å². The Morgan fingerprint density at radius 2 is 2.38 bits per heavy atom. The van der Waals surface area contributed by atoms with Crippen molar-refractivity contribution in [1.29, 1.82) is 0 Å². The van der Waals surface area contributed by atoms with Gasteiger partial charge in [0.25, 0.3) is 5.91 Å². The highest BCUT2D eigenvalue weighted by atomic mass is 32.2. The maximum Gasteiger partial charge on any atom is 0.268 e. The first kappa shape index (κ1) is 8.37. The maximum absolute atomic E-state index is 11.6. The summed E-state index contributed by atoms with van der Waals surface area (Å²) in [4.78, 5) is 15.5. The Morgan fingerprint density at radius 3 is 3.00 bits per heavy atom. The topological polar surface area (TPSA) is 50.3 Å². The summed E-state index contributed by atoms with van der Waals surface area (Å²) in [5.41, 5.74) is 0.461. The van der Waals surface area contributed by atoms with E-state index >= 15 is 0 Å². The Kier molecular flexibility index (Phi) is 1.88. The molecule has 1 unspecified atom stereocenters. The van der Waals surface area contributed by atoms with Crippen LogP contribution < -0.4 is 0 Å². The van der Waals surface area contributed by atoms with Crippen LogP contribution in [0.25, 0.3) is 0 Å². The quantitative estimate of drug-likeness (QED) is 0.660. The Morgan fingerprint density at radius 1 is 1.62 bits per heavy atom. The number of pyridine rings is 1. The van der Waals surface area contributed by atoms with E-state index in [1.807, 2.05) is 0 Å². The number of hydrogen-bond acceptors (Lipinski definition) is 3. The third-order valence-corrected chi connectivity index (χ3v) is 3.36. The smallest absolute Gasteiger partial charge is 0.268 e. The molecule has 1 aromatic heterocycles. The number of amides is 1. The summed E-state index contributed by atoms with van der Waals surface area (Å²) >= 11 is 0. The van der Waals surface area contributed by atoms with E-state index in [1.165, 1.54) is 4.31 Å². The first-order valence-electron chi connectivity index (χ1n) is 3.94. The fraction of sp³-hybridized carbons (Fsp3) is 0.250. The Balaban J connectivity index is 2.57.